The highest BCUT2D eigenvalue weighted by Gasteiger charge is 2.34. The van der Waals surface area contributed by atoms with Gasteiger partial charge in [0.1, 0.15) is 11.4 Å². The third kappa shape index (κ3) is 6.10. The van der Waals surface area contributed by atoms with Crippen LogP contribution in [0.5, 0.6) is 5.75 Å². The monoisotopic (exact) mass is 439 g/mol. The van der Waals surface area contributed by atoms with Gasteiger partial charge in [0.2, 0.25) is 5.91 Å². The molecule has 1 amide bonds. The summed E-state index contributed by atoms with van der Waals surface area (Å²) in [6.07, 6.45) is -0.0688. The quantitative estimate of drug-likeness (QED) is 0.465. The molecular formula is C21H24F3N3O2S. The van der Waals surface area contributed by atoms with Gasteiger partial charge in [-0.05, 0) is 43.2 Å². The maximum Gasteiger partial charge on any atom is 0.433 e. The van der Waals surface area contributed by atoms with E-state index < -0.39 is 11.9 Å². The van der Waals surface area contributed by atoms with E-state index in [-0.39, 0.29) is 23.2 Å². The van der Waals surface area contributed by atoms with Crippen LogP contribution in [0.15, 0.2) is 35.5 Å². The molecule has 1 aliphatic heterocycles. The Labute approximate surface area is 178 Å². The number of methoxy groups -OCH3 is 1. The Kier molecular flexibility index (Phi) is 7.58. The number of nitrogens with zero attached hydrogens (tertiary/aromatic N) is 3. The fraction of sp³-hybridized carbons (Fsp3) is 0.476. The third-order valence-electron chi connectivity index (χ3n) is 4.89. The van der Waals surface area contributed by atoms with Gasteiger partial charge in [-0.1, -0.05) is 24.6 Å². The molecule has 0 N–H and O–H groups in total. The van der Waals surface area contributed by atoms with Crippen LogP contribution in [0.3, 0.4) is 0 Å². The molecule has 1 fully saturated rings. The first-order valence-electron chi connectivity index (χ1n) is 9.88. The third-order valence-corrected chi connectivity index (χ3v) is 5.74. The van der Waals surface area contributed by atoms with E-state index in [2.05, 4.69) is 9.97 Å². The summed E-state index contributed by atoms with van der Waals surface area (Å²) in [5.74, 6) is 0.968. The maximum atomic E-state index is 13.3. The number of likely N-dealkylation sites (tertiary alicyclic amines) is 1. The predicted molar refractivity (Wildman–Crippen MR) is 109 cm³/mol. The molecule has 9 heteroatoms. The van der Waals surface area contributed by atoms with Gasteiger partial charge in [-0.15, -0.1) is 0 Å². The zero-order chi connectivity index (χ0) is 21.6. The van der Waals surface area contributed by atoms with Gasteiger partial charge in [0.15, 0.2) is 5.16 Å². The van der Waals surface area contributed by atoms with Crippen LogP contribution in [0.4, 0.5) is 13.2 Å². The van der Waals surface area contributed by atoms with Crippen molar-refractivity contribution in [1.29, 1.82) is 0 Å². The Morgan fingerprint density at radius 3 is 2.37 bits per heavy atom. The van der Waals surface area contributed by atoms with E-state index in [1.807, 2.05) is 4.90 Å². The number of aromatic nitrogens is 2. The van der Waals surface area contributed by atoms with Crippen LogP contribution in [-0.2, 0) is 11.0 Å². The number of amides is 1. The summed E-state index contributed by atoms with van der Waals surface area (Å²) in [6.45, 7) is 1.51. The Morgan fingerprint density at radius 2 is 1.77 bits per heavy atom. The summed E-state index contributed by atoms with van der Waals surface area (Å²) in [7, 11) is 1.52. The second-order valence-electron chi connectivity index (χ2n) is 7.04. The Morgan fingerprint density at radius 1 is 1.10 bits per heavy atom. The summed E-state index contributed by atoms with van der Waals surface area (Å²) < 4.78 is 45.1. The van der Waals surface area contributed by atoms with E-state index in [1.165, 1.54) is 7.11 Å². The van der Waals surface area contributed by atoms with E-state index in [1.54, 1.807) is 24.3 Å². The molecule has 1 aromatic carbocycles. The molecule has 162 valence electrons. The van der Waals surface area contributed by atoms with Gasteiger partial charge in [-0.2, -0.15) is 13.2 Å². The molecule has 0 radical (unpaired) electrons. The van der Waals surface area contributed by atoms with Crippen molar-refractivity contribution in [2.75, 3.05) is 26.0 Å². The van der Waals surface area contributed by atoms with Crippen molar-refractivity contribution in [3.63, 3.8) is 0 Å². The second-order valence-corrected chi connectivity index (χ2v) is 8.10. The molecule has 0 unspecified atom stereocenters. The van der Waals surface area contributed by atoms with Crippen molar-refractivity contribution in [3.8, 4) is 17.0 Å². The van der Waals surface area contributed by atoms with Crippen LogP contribution in [-0.4, -0.2) is 46.7 Å². The van der Waals surface area contributed by atoms with E-state index in [9.17, 15) is 18.0 Å². The van der Waals surface area contributed by atoms with E-state index in [0.29, 0.717) is 17.1 Å². The first kappa shape index (κ1) is 22.4. The molecule has 5 nitrogen and oxygen atoms in total. The van der Waals surface area contributed by atoms with Crippen LogP contribution in [0.25, 0.3) is 11.3 Å². The fourth-order valence-electron chi connectivity index (χ4n) is 3.25. The molecule has 2 aromatic rings. The number of carbonyl (C=O) groups excluding carboxylic acids is 1. The molecular weight excluding hydrogens is 415 g/mol. The first-order valence-corrected chi connectivity index (χ1v) is 10.9. The average Bonchev–Trinajstić information content (AvgIpc) is 3.02. The average molecular weight is 440 g/mol. The van der Waals surface area contributed by atoms with Crippen molar-refractivity contribution >= 4 is 17.7 Å². The highest BCUT2D eigenvalue weighted by atomic mass is 32.2. The molecule has 0 atom stereocenters. The lowest BCUT2D eigenvalue weighted by molar-refractivity contribution is -0.141. The van der Waals surface area contributed by atoms with Crippen molar-refractivity contribution in [1.82, 2.24) is 14.9 Å². The molecule has 3 rings (SSSR count). The number of rotatable bonds is 6. The van der Waals surface area contributed by atoms with Crippen molar-refractivity contribution in [2.45, 2.75) is 43.4 Å². The Hall–Kier alpha value is -2.29. The Balaban J connectivity index is 1.72. The molecule has 30 heavy (non-hydrogen) atoms. The minimum Gasteiger partial charge on any atom is -0.497 e. The van der Waals surface area contributed by atoms with Gasteiger partial charge in [0.25, 0.3) is 0 Å². The number of hydrogen-bond acceptors (Lipinski definition) is 5. The van der Waals surface area contributed by atoms with E-state index in [4.69, 9.17) is 4.74 Å². The second kappa shape index (κ2) is 10.1. The summed E-state index contributed by atoms with van der Waals surface area (Å²) in [5, 5.41) is 0.0132. The van der Waals surface area contributed by atoms with Crippen LogP contribution in [0, 0.1) is 0 Å². The standard InChI is InChI=1S/C21H24F3N3O2S/c1-29-16-8-6-15(7-9-16)17-14-18(21(22,23)24)26-20(25-17)30-13-10-19(28)27-11-4-2-3-5-12-27/h6-9,14H,2-5,10-13H2,1H3. The van der Waals surface area contributed by atoms with E-state index >= 15 is 0 Å². The van der Waals surface area contributed by atoms with Gasteiger partial charge in [0, 0.05) is 30.8 Å². The van der Waals surface area contributed by atoms with Crippen molar-refractivity contribution in [3.05, 3.63) is 36.0 Å². The SMILES string of the molecule is COc1ccc(-c2cc(C(F)(F)F)nc(SCCC(=O)N3CCCCCC3)n2)cc1. The number of benzene rings is 1. The molecule has 1 aliphatic rings. The number of thioether (sulfide) groups is 1. The molecule has 1 aromatic heterocycles. The topological polar surface area (TPSA) is 55.3 Å². The number of halogens is 3. The summed E-state index contributed by atoms with van der Waals surface area (Å²) in [6, 6.07) is 7.57. The normalized spacial score (nSPS) is 15.0. The maximum absolute atomic E-state index is 13.3. The fourth-order valence-corrected chi connectivity index (χ4v) is 4.04. The molecule has 0 saturated carbocycles. The number of alkyl halides is 3. The Bertz CT molecular complexity index is 852. The highest BCUT2D eigenvalue weighted by Crippen LogP contribution is 2.32. The molecule has 0 spiro atoms. The van der Waals surface area contributed by atoms with Gasteiger partial charge in [-0.3, -0.25) is 4.79 Å². The van der Waals surface area contributed by atoms with Gasteiger partial charge >= 0.3 is 6.18 Å². The summed E-state index contributed by atoms with van der Waals surface area (Å²) >= 11 is 1.07. The lowest BCUT2D eigenvalue weighted by Crippen LogP contribution is -2.31. The van der Waals surface area contributed by atoms with Gasteiger partial charge < -0.3 is 9.64 Å². The number of hydrogen-bond donors (Lipinski definition) is 0. The summed E-state index contributed by atoms with van der Waals surface area (Å²) in [4.78, 5) is 22.2. The van der Waals surface area contributed by atoms with Crippen LogP contribution >= 0.6 is 11.8 Å². The minimum atomic E-state index is -4.58. The lowest BCUT2D eigenvalue weighted by Gasteiger charge is -2.20. The van der Waals surface area contributed by atoms with Crippen LogP contribution in [0.1, 0.15) is 37.8 Å². The largest absolute Gasteiger partial charge is 0.497 e. The lowest BCUT2D eigenvalue weighted by atomic mass is 10.1. The minimum absolute atomic E-state index is 0.0132. The molecule has 0 bridgehead atoms. The smallest absolute Gasteiger partial charge is 0.433 e. The van der Waals surface area contributed by atoms with Gasteiger partial charge in [-0.25, -0.2) is 9.97 Å². The van der Waals surface area contributed by atoms with Crippen molar-refractivity contribution in [2.24, 2.45) is 0 Å². The van der Waals surface area contributed by atoms with E-state index in [0.717, 1.165) is 56.6 Å². The van der Waals surface area contributed by atoms with Crippen LogP contribution < -0.4 is 4.74 Å². The molecule has 0 aliphatic carbocycles. The predicted octanol–water partition coefficient (Wildman–Crippen LogP) is 5.06. The molecule has 1 saturated heterocycles. The number of ether oxygens (including phenoxy) is 1. The highest BCUT2D eigenvalue weighted by molar-refractivity contribution is 7.99. The van der Waals surface area contributed by atoms with Crippen LogP contribution in [0.2, 0.25) is 0 Å². The van der Waals surface area contributed by atoms with Crippen molar-refractivity contribution < 1.29 is 22.7 Å². The zero-order valence-electron chi connectivity index (χ0n) is 16.7. The van der Waals surface area contributed by atoms with Gasteiger partial charge in [0.05, 0.1) is 12.8 Å². The zero-order valence-corrected chi connectivity index (χ0v) is 17.6. The summed E-state index contributed by atoms with van der Waals surface area (Å²) in [5.41, 5.74) is -0.280. The molecule has 2 heterocycles. The first-order chi connectivity index (χ1) is 14.4. The number of carbonyl (C=O) groups is 1.